The van der Waals surface area contributed by atoms with E-state index in [2.05, 4.69) is 0 Å². The molecule has 174 valence electrons. The van der Waals surface area contributed by atoms with Crippen LogP contribution in [0, 0.1) is 0 Å². The molecule has 0 aliphatic carbocycles. The molecule has 0 bridgehead atoms. The number of amides is 1. The molecule has 7 nitrogen and oxygen atoms in total. The molecule has 0 N–H and O–H groups in total. The Labute approximate surface area is 184 Å². The maximum atomic E-state index is 12.7. The average Bonchev–Trinajstić information content (AvgIpc) is 2.79. The van der Waals surface area contributed by atoms with Crippen LogP contribution in [-0.4, -0.2) is 69.5 Å². The van der Waals surface area contributed by atoms with Gasteiger partial charge in [0.05, 0.1) is 17.1 Å². The topological polar surface area (TPSA) is 76.2 Å². The number of hydrogen-bond donors (Lipinski definition) is 0. The number of alkyl halides is 3. The second-order valence-electron chi connectivity index (χ2n) is 7.02. The molecule has 32 heavy (non-hydrogen) atoms. The lowest BCUT2D eigenvalue weighted by atomic mass is 10.2. The average molecular weight is 472 g/mol. The number of benzene rings is 2. The minimum absolute atomic E-state index is 0.0478. The molecular weight excluding hydrogens is 449 g/mol. The van der Waals surface area contributed by atoms with Gasteiger partial charge in [0.15, 0.2) is 0 Å². The summed E-state index contributed by atoms with van der Waals surface area (Å²) < 4.78 is 75.4. The number of piperazine rings is 1. The molecule has 2 aromatic rings. The highest BCUT2D eigenvalue weighted by molar-refractivity contribution is 7.89. The van der Waals surface area contributed by atoms with Gasteiger partial charge < -0.3 is 14.4 Å². The fourth-order valence-electron chi connectivity index (χ4n) is 3.13. The summed E-state index contributed by atoms with van der Waals surface area (Å²) in [5, 5.41) is 0. The highest BCUT2D eigenvalue weighted by Gasteiger charge is 2.33. The van der Waals surface area contributed by atoms with Crippen LogP contribution in [-0.2, 0) is 25.7 Å². The third-order valence-corrected chi connectivity index (χ3v) is 6.79. The van der Waals surface area contributed by atoms with Crippen LogP contribution in [0.15, 0.2) is 59.5 Å². The number of ether oxygens (including phenoxy) is 2. The van der Waals surface area contributed by atoms with Crippen LogP contribution in [0.3, 0.4) is 0 Å². The van der Waals surface area contributed by atoms with Crippen LogP contribution in [0.25, 0.3) is 0 Å². The van der Waals surface area contributed by atoms with Crippen LogP contribution < -0.4 is 4.74 Å². The minimum Gasteiger partial charge on any atom is -0.491 e. The first-order valence-electron chi connectivity index (χ1n) is 9.89. The normalized spacial score (nSPS) is 15.5. The summed E-state index contributed by atoms with van der Waals surface area (Å²) >= 11 is 0. The van der Waals surface area contributed by atoms with Crippen molar-refractivity contribution in [2.24, 2.45) is 0 Å². The van der Waals surface area contributed by atoms with Crippen LogP contribution in [0.5, 0.6) is 5.75 Å². The summed E-state index contributed by atoms with van der Waals surface area (Å²) in [7, 11) is -3.94. The number of rotatable bonds is 8. The quantitative estimate of drug-likeness (QED) is 0.553. The van der Waals surface area contributed by atoms with Crippen molar-refractivity contribution in [3.8, 4) is 5.75 Å². The lowest BCUT2D eigenvalue weighted by molar-refractivity contribution is -0.138. The standard InChI is InChI=1S/C21H23F3N2O5S/c22-21(23,24)17-6-8-19(9-7-17)32(28,29)26-12-10-25(11-13-26)20(27)16-30-14-15-31-18-4-2-1-3-5-18/h1-9H,10-16H2. The number of para-hydroxylation sites is 1. The molecule has 0 atom stereocenters. The molecule has 0 aromatic heterocycles. The summed E-state index contributed by atoms with van der Waals surface area (Å²) in [4.78, 5) is 13.6. The number of sulfonamides is 1. The van der Waals surface area contributed by atoms with Gasteiger partial charge in [0.1, 0.15) is 19.0 Å². The van der Waals surface area contributed by atoms with Crippen molar-refractivity contribution in [2.75, 3.05) is 46.0 Å². The Bertz CT molecular complexity index is 990. The molecule has 11 heteroatoms. The van der Waals surface area contributed by atoms with E-state index in [0.717, 1.165) is 28.6 Å². The Hall–Kier alpha value is -2.63. The van der Waals surface area contributed by atoms with Gasteiger partial charge in [0.25, 0.3) is 0 Å². The number of hydrogen-bond acceptors (Lipinski definition) is 5. The van der Waals surface area contributed by atoms with Crippen LogP contribution >= 0.6 is 0 Å². The molecule has 0 spiro atoms. The highest BCUT2D eigenvalue weighted by atomic mass is 32.2. The Kier molecular flexibility index (Phi) is 7.75. The van der Waals surface area contributed by atoms with E-state index in [1.807, 2.05) is 30.3 Å². The maximum absolute atomic E-state index is 12.7. The van der Waals surface area contributed by atoms with Crippen molar-refractivity contribution in [2.45, 2.75) is 11.1 Å². The van der Waals surface area contributed by atoms with Crippen molar-refractivity contribution in [1.82, 2.24) is 9.21 Å². The summed E-state index contributed by atoms with van der Waals surface area (Å²) in [6, 6.07) is 12.6. The maximum Gasteiger partial charge on any atom is 0.416 e. The van der Waals surface area contributed by atoms with Crippen molar-refractivity contribution >= 4 is 15.9 Å². The molecule has 0 radical (unpaired) electrons. The third-order valence-electron chi connectivity index (χ3n) is 4.88. The zero-order valence-corrected chi connectivity index (χ0v) is 17.9. The Morgan fingerprint density at radius 3 is 2.12 bits per heavy atom. The van der Waals surface area contributed by atoms with Gasteiger partial charge >= 0.3 is 6.18 Å². The van der Waals surface area contributed by atoms with Crippen molar-refractivity contribution in [3.05, 3.63) is 60.2 Å². The Morgan fingerprint density at radius 1 is 0.906 bits per heavy atom. The predicted molar refractivity (Wildman–Crippen MR) is 110 cm³/mol. The van der Waals surface area contributed by atoms with E-state index in [1.165, 1.54) is 4.90 Å². The van der Waals surface area contributed by atoms with Gasteiger partial charge in [-0.3, -0.25) is 4.79 Å². The molecule has 1 amide bonds. The summed E-state index contributed by atoms with van der Waals surface area (Å²) in [6.07, 6.45) is -4.54. The van der Waals surface area contributed by atoms with Gasteiger partial charge in [-0.2, -0.15) is 17.5 Å². The molecule has 2 aromatic carbocycles. The number of halogens is 3. The molecule has 3 rings (SSSR count). The van der Waals surface area contributed by atoms with E-state index in [9.17, 15) is 26.4 Å². The van der Waals surface area contributed by atoms with E-state index in [0.29, 0.717) is 5.75 Å². The first-order valence-corrected chi connectivity index (χ1v) is 11.3. The number of carbonyl (C=O) groups excluding carboxylic acids is 1. The van der Waals surface area contributed by atoms with E-state index in [-0.39, 0.29) is 56.8 Å². The molecule has 1 aliphatic heterocycles. The largest absolute Gasteiger partial charge is 0.491 e. The number of carbonyl (C=O) groups is 1. The van der Waals surface area contributed by atoms with E-state index in [4.69, 9.17) is 9.47 Å². The summed E-state index contributed by atoms with van der Waals surface area (Å²) in [6.45, 7) is 0.798. The highest BCUT2D eigenvalue weighted by Crippen LogP contribution is 2.30. The lowest BCUT2D eigenvalue weighted by Crippen LogP contribution is -2.51. The second-order valence-corrected chi connectivity index (χ2v) is 8.96. The monoisotopic (exact) mass is 472 g/mol. The van der Waals surface area contributed by atoms with Crippen molar-refractivity contribution in [1.29, 1.82) is 0 Å². The van der Waals surface area contributed by atoms with Gasteiger partial charge in [-0.15, -0.1) is 0 Å². The van der Waals surface area contributed by atoms with E-state index in [1.54, 1.807) is 0 Å². The van der Waals surface area contributed by atoms with E-state index < -0.39 is 21.8 Å². The first-order chi connectivity index (χ1) is 15.2. The zero-order chi connectivity index (χ0) is 23.2. The molecule has 1 fully saturated rings. The molecule has 0 saturated carbocycles. The Morgan fingerprint density at radius 2 is 1.53 bits per heavy atom. The first kappa shape index (κ1) is 24.0. The smallest absolute Gasteiger partial charge is 0.416 e. The van der Waals surface area contributed by atoms with Crippen LogP contribution in [0.2, 0.25) is 0 Å². The molecule has 1 heterocycles. The Balaban J connectivity index is 1.43. The molecule has 1 saturated heterocycles. The van der Waals surface area contributed by atoms with Crippen molar-refractivity contribution < 1.29 is 35.9 Å². The lowest BCUT2D eigenvalue weighted by Gasteiger charge is -2.34. The molecular formula is C21H23F3N2O5S. The van der Waals surface area contributed by atoms with Crippen molar-refractivity contribution in [3.63, 3.8) is 0 Å². The third kappa shape index (κ3) is 6.21. The van der Waals surface area contributed by atoms with Gasteiger partial charge in [-0.1, -0.05) is 18.2 Å². The van der Waals surface area contributed by atoms with Gasteiger partial charge in [0, 0.05) is 26.2 Å². The molecule has 1 aliphatic rings. The van der Waals surface area contributed by atoms with Gasteiger partial charge in [-0.05, 0) is 36.4 Å². The van der Waals surface area contributed by atoms with Crippen LogP contribution in [0.4, 0.5) is 13.2 Å². The molecule has 0 unspecified atom stereocenters. The van der Waals surface area contributed by atoms with Gasteiger partial charge in [-0.25, -0.2) is 8.42 Å². The SMILES string of the molecule is O=C(COCCOc1ccccc1)N1CCN(S(=O)(=O)c2ccc(C(F)(F)F)cc2)CC1. The number of nitrogens with zero attached hydrogens (tertiary/aromatic N) is 2. The van der Waals surface area contributed by atoms with Crippen LogP contribution in [0.1, 0.15) is 5.56 Å². The van der Waals surface area contributed by atoms with E-state index >= 15 is 0 Å². The zero-order valence-electron chi connectivity index (χ0n) is 17.1. The minimum atomic E-state index is -4.54. The van der Waals surface area contributed by atoms with Gasteiger partial charge in [0.2, 0.25) is 15.9 Å². The second kappa shape index (κ2) is 10.3. The summed E-state index contributed by atoms with van der Waals surface area (Å²) in [5.74, 6) is 0.434. The summed E-state index contributed by atoms with van der Waals surface area (Å²) in [5.41, 5.74) is -0.916. The predicted octanol–water partition coefficient (Wildman–Crippen LogP) is 2.63. The fourth-order valence-corrected chi connectivity index (χ4v) is 4.55. The fraction of sp³-hybridized carbons (Fsp3) is 0.381.